The minimum atomic E-state index is 0.558. The Morgan fingerprint density at radius 3 is 1.44 bits per heavy atom. The molecule has 6 heteroatoms. The van der Waals surface area contributed by atoms with Gasteiger partial charge in [0.15, 0.2) is 0 Å². The maximum absolute atomic E-state index is 12.3. The molecule has 0 aliphatic carbocycles. The van der Waals surface area contributed by atoms with Crippen molar-refractivity contribution in [3.8, 4) is 50.8 Å². The first-order valence-electron chi connectivity index (χ1n) is 21.5. The van der Waals surface area contributed by atoms with E-state index in [0.29, 0.717) is 5.56 Å². The minimum absolute atomic E-state index is 0.558. The number of nitrogens with zero attached hydrogens (tertiary/aromatic N) is 6. The van der Waals surface area contributed by atoms with Crippen molar-refractivity contribution in [2.24, 2.45) is 0 Å². The molecule has 10 aromatic carbocycles. The molecule has 0 aliphatic rings. The fourth-order valence-corrected chi connectivity index (χ4v) is 11.1. The van der Waals surface area contributed by atoms with Crippen molar-refractivity contribution in [1.29, 1.82) is 5.26 Å². The second-order valence-electron chi connectivity index (χ2n) is 16.6. The first-order valence-corrected chi connectivity index (χ1v) is 21.5. The van der Waals surface area contributed by atoms with E-state index in [4.69, 9.17) is 9.97 Å². The largest absolute Gasteiger partial charge is 0.307 e. The average molecular weight is 813 g/mol. The number of hydrogen-bond donors (Lipinski definition) is 0. The van der Waals surface area contributed by atoms with E-state index in [1.165, 1.54) is 0 Å². The van der Waals surface area contributed by atoms with Crippen LogP contribution in [-0.4, -0.2) is 24.1 Å². The van der Waals surface area contributed by atoms with Crippen LogP contribution in [0, 0.1) is 11.3 Å². The van der Waals surface area contributed by atoms with Crippen LogP contribution in [-0.2, 0) is 0 Å². The topological polar surface area (TPSA) is 72.3 Å². The summed E-state index contributed by atoms with van der Waals surface area (Å²) in [7, 11) is 0. The molecule has 0 saturated heterocycles. The Balaban J connectivity index is 1.30. The first kappa shape index (κ1) is 34.8. The molecular formula is C58H32N6. The molecule has 14 rings (SSSR count). The van der Waals surface area contributed by atoms with Crippen molar-refractivity contribution >= 4 is 87.0 Å². The SMILES string of the molecule is N#Cc1c(-n2c3cccc4c5cncnc5c5cccc2c5c43)c(-c2ccccc2)c(-c2ccccc2)c(-c2ccccc2)c1-n1c2cccc3c4ccccc4c4nccc1c4c32. The van der Waals surface area contributed by atoms with Crippen LogP contribution in [0.5, 0.6) is 0 Å². The maximum atomic E-state index is 12.3. The molecule has 0 atom stereocenters. The molecule has 294 valence electrons. The van der Waals surface area contributed by atoms with Gasteiger partial charge >= 0.3 is 0 Å². The zero-order valence-corrected chi connectivity index (χ0v) is 34.2. The summed E-state index contributed by atoms with van der Waals surface area (Å²) in [6.45, 7) is 0. The number of nitriles is 1. The lowest BCUT2D eigenvalue weighted by Gasteiger charge is -2.27. The monoisotopic (exact) mass is 812 g/mol. The molecule has 0 aliphatic heterocycles. The van der Waals surface area contributed by atoms with Crippen molar-refractivity contribution in [1.82, 2.24) is 24.1 Å². The standard InChI is InChI=1S/C58H32N6/c59-31-42-57(63-44-26-13-24-39-43-32-60-33-62-55(43)41-25-14-28-46(63)53(41)51(39)44)49(35-17-6-2-7-18-35)48(34-15-4-1-5-16-34)50(36-19-8-3-9-20-36)58(42)64-45-27-12-23-38-37-21-10-11-22-40(37)56-54(52(38)45)47(64)29-30-61-56/h1-30,32-33H. The number of hydrogen-bond acceptors (Lipinski definition) is 4. The zero-order valence-electron chi connectivity index (χ0n) is 34.2. The van der Waals surface area contributed by atoms with Crippen LogP contribution >= 0.6 is 0 Å². The molecule has 4 aromatic heterocycles. The summed E-state index contributed by atoms with van der Waals surface area (Å²) in [6.07, 6.45) is 5.49. The highest BCUT2D eigenvalue weighted by atomic mass is 15.0. The van der Waals surface area contributed by atoms with Crippen LogP contribution in [0.4, 0.5) is 0 Å². The highest BCUT2D eigenvalue weighted by Crippen LogP contribution is 2.54. The molecule has 0 unspecified atom stereocenters. The van der Waals surface area contributed by atoms with Gasteiger partial charge in [0, 0.05) is 66.8 Å². The Labute approximate surface area is 365 Å². The minimum Gasteiger partial charge on any atom is -0.307 e. The van der Waals surface area contributed by atoms with Crippen LogP contribution in [0.25, 0.3) is 132 Å². The van der Waals surface area contributed by atoms with E-state index in [9.17, 15) is 5.26 Å². The Kier molecular flexibility index (Phi) is 7.08. The third kappa shape index (κ3) is 4.49. The van der Waals surface area contributed by atoms with Crippen LogP contribution < -0.4 is 0 Å². The number of rotatable bonds is 5. The van der Waals surface area contributed by atoms with Gasteiger partial charge in [-0.25, -0.2) is 9.97 Å². The molecule has 6 nitrogen and oxygen atoms in total. The zero-order chi connectivity index (χ0) is 42.0. The van der Waals surface area contributed by atoms with E-state index in [2.05, 4.69) is 196 Å². The van der Waals surface area contributed by atoms with Gasteiger partial charge in [0.25, 0.3) is 0 Å². The van der Waals surface area contributed by atoms with E-state index >= 15 is 0 Å². The summed E-state index contributed by atoms with van der Waals surface area (Å²) < 4.78 is 4.73. The second-order valence-corrected chi connectivity index (χ2v) is 16.6. The highest BCUT2D eigenvalue weighted by Gasteiger charge is 2.33. The van der Waals surface area contributed by atoms with E-state index in [-0.39, 0.29) is 0 Å². The summed E-state index contributed by atoms with van der Waals surface area (Å²) in [5.74, 6) is 0. The van der Waals surface area contributed by atoms with Crippen molar-refractivity contribution in [3.05, 3.63) is 200 Å². The van der Waals surface area contributed by atoms with Crippen molar-refractivity contribution in [2.75, 3.05) is 0 Å². The molecule has 0 N–H and O–H groups in total. The molecule has 4 heterocycles. The summed E-state index contributed by atoms with van der Waals surface area (Å²) in [6, 6.07) is 65.1. The van der Waals surface area contributed by atoms with Gasteiger partial charge in [-0.1, -0.05) is 152 Å². The van der Waals surface area contributed by atoms with Gasteiger partial charge in [-0.05, 0) is 57.1 Å². The van der Waals surface area contributed by atoms with Crippen molar-refractivity contribution in [2.45, 2.75) is 0 Å². The molecule has 0 spiro atoms. The van der Waals surface area contributed by atoms with Crippen LogP contribution in [0.3, 0.4) is 0 Å². The van der Waals surface area contributed by atoms with Gasteiger partial charge in [-0.3, -0.25) is 4.98 Å². The van der Waals surface area contributed by atoms with E-state index in [0.717, 1.165) is 132 Å². The van der Waals surface area contributed by atoms with Gasteiger partial charge in [0.05, 0.1) is 44.5 Å². The number of benzene rings is 10. The number of aromatic nitrogens is 5. The summed E-state index contributed by atoms with van der Waals surface area (Å²) in [4.78, 5) is 14.5. The third-order valence-corrected chi connectivity index (χ3v) is 13.4. The summed E-state index contributed by atoms with van der Waals surface area (Å²) >= 11 is 0. The van der Waals surface area contributed by atoms with Crippen molar-refractivity contribution in [3.63, 3.8) is 0 Å². The molecule has 0 radical (unpaired) electrons. The van der Waals surface area contributed by atoms with E-state index < -0.39 is 0 Å². The Bertz CT molecular complexity index is 3820. The molecular weight excluding hydrogens is 781 g/mol. The lowest BCUT2D eigenvalue weighted by molar-refractivity contribution is 1.12. The lowest BCUT2D eigenvalue weighted by atomic mass is 9.82. The molecule has 0 saturated carbocycles. The first-order chi connectivity index (χ1) is 31.8. The fraction of sp³-hybridized carbons (Fsp3) is 0. The quantitative estimate of drug-likeness (QED) is 0.162. The predicted molar refractivity (Wildman–Crippen MR) is 262 cm³/mol. The second kappa shape index (κ2) is 13.0. The van der Waals surface area contributed by atoms with E-state index in [1.807, 2.05) is 12.4 Å². The smallest absolute Gasteiger partial charge is 0.116 e. The molecule has 64 heavy (non-hydrogen) atoms. The Hall–Kier alpha value is -8.92. The molecule has 0 fully saturated rings. The Morgan fingerprint density at radius 1 is 0.375 bits per heavy atom. The molecule has 0 amide bonds. The predicted octanol–water partition coefficient (Wildman–Crippen LogP) is 14.4. The lowest BCUT2D eigenvalue weighted by Crippen LogP contribution is -2.11. The van der Waals surface area contributed by atoms with E-state index in [1.54, 1.807) is 6.33 Å². The normalized spacial score (nSPS) is 12.0. The van der Waals surface area contributed by atoms with Crippen LogP contribution in [0.2, 0.25) is 0 Å². The van der Waals surface area contributed by atoms with Crippen LogP contribution in [0.15, 0.2) is 195 Å². The number of fused-ring (bicyclic) bond motifs is 6. The van der Waals surface area contributed by atoms with Gasteiger partial charge in [0.2, 0.25) is 0 Å². The summed E-state index contributed by atoms with van der Waals surface area (Å²) in [5.41, 5.74) is 14.1. The van der Waals surface area contributed by atoms with Gasteiger partial charge in [0.1, 0.15) is 18.0 Å². The van der Waals surface area contributed by atoms with Gasteiger partial charge in [-0.2, -0.15) is 5.26 Å². The Morgan fingerprint density at radius 2 is 0.844 bits per heavy atom. The fourth-order valence-electron chi connectivity index (χ4n) is 11.1. The van der Waals surface area contributed by atoms with Crippen molar-refractivity contribution < 1.29 is 0 Å². The molecule has 0 bridgehead atoms. The maximum Gasteiger partial charge on any atom is 0.116 e. The summed E-state index contributed by atoms with van der Waals surface area (Å²) in [5, 5.41) is 23.3. The molecule has 14 aromatic rings. The van der Waals surface area contributed by atoms with Gasteiger partial charge in [-0.15, -0.1) is 0 Å². The average Bonchev–Trinajstić information content (AvgIpc) is 3.89. The van der Waals surface area contributed by atoms with Gasteiger partial charge < -0.3 is 9.13 Å². The highest BCUT2D eigenvalue weighted by molar-refractivity contribution is 6.35. The van der Waals surface area contributed by atoms with Crippen LogP contribution in [0.1, 0.15) is 5.56 Å². The third-order valence-electron chi connectivity index (χ3n) is 13.4. The number of pyridine rings is 1.